The lowest BCUT2D eigenvalue weighted by atomic mass is 9.97. The van der Waals surface area contributed by atoms with Crippen molar-refractivity contribution in [3.63, 3.8) is 0 Å². The summed E-state index contributed by atoms with van der Waals surface area (Å²) < 4.78 is 0.932. The van der Waals surface area contributed by atoms with Crippen LogP contribution >= 0.6 is 22.6 Å². The summed E-state index contributed by atoms with van der Waals surface area (Å²) in [6, 6.07) is 6.84. The number of hydrogen-bond acceptors (Lipinski definition) is 3. The average Bonchev–Trinajstić information content (AvgIpc) is 2.33. The minimum atomic E-state index is -1.28. The topological polar surface area (TPSA) is 70.0 Å². The molecule has 0 fully saturated rings. The Morgan fingerprint density at radius 3 is 2.59 bits per heavy atom. The molecule has 1 atom stereocenters. The van der Waals surface area contributed by atoms with Gasteiger partial charge in [-0.15, -0.1) is 0 Å². The van der Waals surface area contributed by atoms with Crippen LogP contribution in [0.2, 0.25) is 0 Å². The number of benzene rings is 1. The first-order valence-corrected chi connectivity index (χ1v) is 6.00. The maximum absolute atomic E-state index is 12.0. The van der Waals surface area contributed by atoms with Gasteiger partial charge in [-0.25, -0.2) is 0 Å². The number of ketones is 1. The SMILES string of the molecule is CNC(=O)[C@@H](C#N)C(=O)c1ccc(C)c(I)c1. The normalized spacial score (nSPS) is 11.4. The molecule has 5 heteroatoms. The second-order valence-corrected chi connectivity index (χ2v) is 4.67. The van der Waals surface area contributed by atoms with Crippen molar-refractivity contribution in [1.82, 2.24) is 5.32 Å². The summed E-state index contributed by atoms with van der Waals surface area (Å²) in [5, 5.41) is 11.2. The monoisotopic (exact) mass is 342 g/mol. The molecular formula is C12H11IN2O2. The Kier molecular flexibility index (Phi) is 4.63. The van der Waals surface area contributed by atoms with Gasteiger partial charge in [0.15, 0.2) is 11.7 Å². The smallest absolute Gasteiger partial charge is 0.245 e. The molecule has 0 unspecified atom stereocenters. The fraction of sp³-hybridized carbons (Fsp3) is 0.250. The Labute approximate surface area is 113 Å². The third-order valence-corrected chi connectivity index (χ3v) is 3.52. The van der Waals surface area contributed by atoms with Gasteiger partial charge in [0.25, 0.3) is 0 Å². The number of aryl methyl sites for hydroxylation is 1. The number of carbonyl (C=O) groups excluding carboxylic acids is 2. The van der Waals surface area contributed by atoms with Crippen molar-refractivity contribution in [3.05, 3.63) is 32.9 Å². The van der Waals surface area contributed by atoms with Gasteiger partial charge in [-0.2, -0.15) is 5.26 Å². The van der Waals surface area contributed by atoms with Crippen LogP contribution in [0.1, 0.15) is 15.9 Å². The van der Waals surface area contributed by atoms with Gasteiger partial charge >= 0.3 is 0 Å². The highest BCUT2D eigenvalue weighted by molar-refractivity contribution is 14.1. The largest absolute Gasteiger partial charge is 0.358 e. The molecule has 0 saturated heterocycles. The Bertz CT molecular complexity index is 506. The van der Waals surface area contributed by atoms with Crippen LogP contribution < -0.4 is 5.32 Å². The van der Waals surface area contributed by atoms with Gasteiger partial charge in [-0.3, -0.25) is 9.59 Å². The quantitative estimate of drug-likeness (QED) is 0.516. The van der Waals surface area contributed by atoms with Crippen LogP contribution in [0.25, 0.3) is 0 Å². The van der Waals surface area contributed by atoms with Crippen LogP contribution in [-0.2, 0) is 4.79 Å². The highest BCUT2D eigenvalue weighted by atomic mass is 127. The van der Waals surface area contributed by atoms with Crippen LogP contribution in [0.3, 0.4) is 0 Å². The van der Waals surface area contributed by atoms with E-state index in [1.807, 2.05) is 6.92 Å². The predicted octanol–water partition coefficient (Wildman–Crippen LogP) is 1.67. The number of Topliss-reactive ketones (excluding diaryl/α,β-unsaturated/α-hetero) is 1. The number of amides is 1. The molecular weight excluding hydrogens is 331 g/mol. The Hall–Kier alpha value is -1.42. The van der Waals surface area contributed by atoms with E-state index in [1.54, 1.807) is 24.3 Å². The summed E-state index contributed by atoms with van der Waals surface area (Å²) in [5.41, 5.74) is 1.44. The predicted molar refractivity (Wildman–Crippen MR) is 71.4 cm³/mol. The van der Waals surface area contributed by atoms with E-state index in [0.29, 0.717) is 5.56 Å². The maximum atomic E-state index is 12.0. The molecule has 0 spiro atoms. The van der Waals surface area contributed by atoms with Crippen LogP contribution in [0.15, 0.2) is 18.2 Å². The van der Waals surface area contributed by atoms with Crippen molar-refractivity contribution < 1.29 is 9.59 Å². The van der Waals surface area contributed by atoms with E-state index in [-0.39, 0.29) is 0 Å². The number of halogens is 1. The number of carbonyl (C=O) groups is 2. The van der Waals surface area contributed by atoms with E-state index < -0.39 is 17.6 Å². The molecule has 17 heavy (non-hydrogen) atoms. The van der Waals surface area contributed by atoms with Gasteiger partial charge in [0.2, 0.25) is 5.91 Å². The first kappa shape index (κ1) is 13.6. The van der Waals surface area contributed by atoms with Crippen LogP contribution in [0.5, 0.6) is 0 Å². The van der Waals surface area contributed by atoms with E-state index in [0.717, 1.165) is 9.13 Å². The average molecular weight is 342 g/mol. The summed E-state index contributed by atoms with van der Waals surface area (Å²) in [6.45, 7) is 1.93. The molecule has 88 valence electrons. The molecule has 0 aliphatic heterocycles. The van der Waals surface area contributed by atoms with Gasteiger partial charge in [0, 0.05) is 16.2 Å². The summed E-state index contributed by atoms with van der Waals surface area (Å²) in [7, 11) is 1.40. The van der Waals surface area contributed by atoms with E-state index >= 15 is 0 Å². The molecule has 0 bridgehead atoms. The zero-order chi connectivity index (χ0) is 13.0. The summed E-state index contributed by atoms with van der Waals surface area (Å²) >= 11 is 2.11. The molecule has 0 aromatic heterocycles. The van der Waals surface area contributed by atoms with Crippen molar-refractivity contribution in [2.45, 2.75) is 6.92 Å². The Balaban J connectivity index is 3.07. The van der Waals surface area contributed by atoms with E-state index in [1.165, 1.54) is 7.05 Å². The molecule has 4 nitrogen and oxygen atoms in total. The zero-order valence-electron chi connectivity index (χ0n) is 9.45. The molecule has 1 amide bonds. The number of nitriles is 1. The van der Waals surface area contributed by atoms with Crippen molar-refractivity contribution in [1.29, 1.82) is 5.26 Å². The van der Waals surface area contributed by atoms with Gasteiger partial charge in [-0.1, -0.05) is 12.1 Å². The van der Waals surface area contributed by atoms with Crippen LogP contribution in [0.4, 0.5) is 0 Å². The molecule has 0 aliphatic carbocycles. The fourth-order valence-electron chi connectivity index (χ4n) is 1.29. The number of hydrogen-bond donors (Lipinski definition) is 1. The minimum Gasteiger partial charge on any atom is -0.358 e. The van der Waals surface area contributed by atoms with Gasteiger partial charge in [0.1, 0.15) is 0 Å². The lowest BCUT2D eigenvalue weighted by Crippen LogP contribution is -2.32. The molecule has 0 radical (unpaired) electrons. The third kappa shape index (κ3) is 3.03. The van der Waals surface area contributed by atoms with Crippen molar-refractivity contribution in [2.75, 3.05) is 7.05 Å². The van der Waals surface area contributed by atoms with Crippen molar-refractivity contribution in [3.8, 4) is 6.07 Å². The maximum Gasteiger partial charge on any atom is 0.245 e. The van der Waals surface area contributed by atoms with Crippen molar-refractivity contribution in [2.24, 2.45) is 5.92 Å². The van der Waals surface area contributed by atoms with Crippen molar-refractivity contribution >= 4 is 34.3 Å². The summed E-state index contributed by atoms with van der Waals surface area (Å²) in [5.74, 6) is -2.32. The molecule has 0 aliphatic rings. The minimum absolute atomic E-state index is 0.384. The summed E-state index contributed by atoms with van der Waals surface area (Å²) in [4.78, 5) is 23.3. The second-order valence-electron chi connectivity index (χ2n) is 3.50. The molecule has 1 N–H and O–H groups in total. The first-order valence-electron chi connectivity index (χ1n) is 4.92. The van der Waals surface area contributed by atoms with Gasteiger partial charge < -0.3 is 5.32 Å². The molecule has 1 aromatic carbocycles. The van der Waals surface area contributed by atoms with E-state index in [2.05, 4.69) is 27.9 Å². The zero-order valence-corrected chi connectivity index (χ0v) is 11.6. The summed E-state index contributed by atoms with van der Waals surface area (Å²) in [6.07, 6.45) is 0. The van der Waals surface area contributed by atoms with E-state index in [9.17, 15) is 9.59 Å². The number of nitrogens with one attached hydrogen (secondary N) is 1. The van der Waals surface area contributed by atoms with E-state index in [4.69, 9.17) is 5.26 Å². The standard InChI is InChI=1S/C12H11IN2O2/c1-7-3-4-8(5-10(7)13)11(16)9(6-14)12(17)15-2/h3-5,9H,1-2H3,(H,15,17)/t9-/m0/s1. The molecule has 0 saturated carbocycles. The molecule has 0 heterocycles. The number of rotatable bonds is 3. The van der Waals surface area contributed by atoms with Gasteiger partial charge in [0.05, 0.1) is 6.07 Å². The molecule has 1 rings (SSSR count). The first-order chi connectivity index (χ1) is 8.01. The Morgan fingerprint density at radius 2 is 2.12 bits per heavy atom. The third-order valence-electron chi connectivity index (χ3n) is 2.36. The fourth-order valence-corrected chi connectivity index (χ4v) is 1.81. The van der Waals surface area contributed by atoms with Crippen LogP contribution in [-0.4, -0.2) is 18.7 Å². The number of nitrogens with zero attached hydrogens (tertiary/aromatic N) is 1. The second kappa shape index (κ2) is 5.77. The molecule has 1 aromatic rings. The highest BCUT2D eigenvalue weighted by Gasteiger charge is 2.26. The lowest BCUT2D eigenvalue weighted by Gasteiger charge is -2.07. The Morgan fingerprint density at radius 1 is 1.47 bits per heavy atom. The highest BCUT2D eigenvalue weighted by Crippen LogP contribution is 2.16. The van der Waals surface area contributed by atoms with Gasteiger partial charge in [-0.05, 0) is 41.1 Å². The lowest BCUT2D eigenvalue weighted by molar-refractivity contribution is -0.121. The van der Waals surface area contributed by atoms with Crippen LogP contribution in [0, 0.1) is 27.7 Å².